The first-order valence-electron chi connectivity index (χ1n) is 7.48. The Morgan fingerprint density at radius 3 is 2.68 bits per heavy atom. The Bertz CT molecular complexity index is 876. The highest BCUT2D eigenvalue weighted by molar-refractivity contribution is 7.98. The van der Waals surface area contributed by atoms with E-state index in [9.17, 15) is 8.78 Å². The number of aromatic nitrogens is 2. The maximum absolute atomic E-state index is 13.7. The third kappa shape index (κ3) is 4.90. The van der Waals surface area contributed by atoms with E-state index >= 15 is 0 Å². The van der Waals surface area contributed by atoms with E-state index in [0.29, 0.717) is 28.0 Å². The zero-order valence-electron chi connectivity index (χ0n) is 13.0. The Kier molecular flexibility index (Phi) is 5.83. The van der Waals surface area contributed by atoms with Crippen LogP contribution >= 0.6 is 23.4 Å². The summed E-state index contributed by atoms with van der Waals surface area (Å²) >= 11 is 7.44. The van der Waals surface area contributed by atoms with Gasteiger partial charge in [0.25, 0.3) is 0 Å². The lowest BCUT2D eigenvalue weighted by Gasteiger charge is -2.08. The van der Waals surface area contributed by atoms with Crippen molar-refractivity contribution in [3.8, 4) is 0 Å². The van der Waals surface area contributed by atoms with E-state index in [4.69, 9.17) is 11.6 Å². The number of thioether (sulfide) groups is 1. The Labute approximate surface area is 153 Å². The molecule has 0 spiro atoms. The van der Waals surface area contributed by atoms with Gasteiger partial charge in [-0.2, -0.15) is 0 Å². The van der Waals surface area contributed by atoms with Crippen molar-refractivity contribution in [1.82, 2.24) is 9.97 Å². The number of benzene rings is 2. The fraction of sp³-hybridized carbons (Fsp3) is 0.111. The SMILES string of the molecule is Fc1ccc(F)c(CSc2cc(NCc3ccccc3Cl)ncn2)c1. The van der Waals surface area contributed by atoms with Gasteiger partial charge in [-0.25, -0.2) is 18.7 Å². The van der Waals surface area contributed by atoms with Crippen LogP contribution in [0.4, 0.5) is 14.6 Å². The Morgan fingerprint density at radius 1 is 1.00 bits per heavy atom. The molecule has 0 saturated carbocycles. The molecule has 1 aromatic heterocycles. The van der Waals surface area contributed by atoms with Gasteiger partial charge in [0.1, 0.15) is 28.8 Å². The summed E-state index contributed by atoms with van der Waals surface area (Å²) in [7, 11) is 0. The van der Waals surface area contributed by atoms with Crippen LogP contribution in [0.2, 0.25) is 5.02 Å². The molecule has 3 rings (SSSR count). The van der Waals surface area contributed by atoms with E-state index < -0.39 is 11.6 Å². The Balaban J connectivity index is 1.63. The third-order valence-electron chi connectivity index (χ3n) is 3.44. The number of hydrogen-bond acceptors (Lipinski definition) is 4. The van der Waals surface area contributed by atoms with E-state index in [1.54, 1.807) is 6.07 Å². The molecule has 3 nitrogen and oxygen atoms in total. The van der Waals surface area contributed by atoms with Crippen molar-refractivity contribution >= 4 is 29.2 Å². The van der Waals surface area contributed by atoms with Gasteiger partial charge in [0.2, 0.25) is 0 Å². The molecular weight excluding hydrogens is 364 g/mol. The third-order valence-corrected chi connectivity index (χ3v) is 4.79. The minimum atomic E-state index is -0.457. The summed E-state index contributed by atoms with van der Waals surface area (Å²) in [6.45, 7) is 0.527. The van der Waals surface area contributed by atoms with Crippen molar-refractivity contribution in [2.75, 3.05) is 5.32 Å². The highest BCUT2D eigenvalue weighted by atomic mass is 35.5. The van der Waals surface area contributed by atoms with Gasteiger partial charge in [0, 0.05) is 29.0 Å². The van der Waals surface area contributed by atoms with Crippen LogP contribution in [-0.2, 0) is 12.3 Å². The van der Waals surface area contributed by atoms with Crippen LogP contribution < -0.4 is 5.32 Å². The molecule has 0 aliphatic carbocycles. The summed E-state index contributed by atoms with van der Waals surface area (Å²) in [4.78, 5) is 8.31. The van der Waals surface area contributed by atoms with Crippen LogP contribution in [0.3, 0.4) is 0 Å². The van der Waals surface area contributed by atoms with Crippen molar-refractivity contribution < 1.29 is 8.78 Å². The quantitative estimate of drug-likeness (QED) is 0.466. The van der Waals surface area contributed by atoms with Crippen LogP contribution in [0, 0.1) is 11.6 Å². The molecule has 0 radical (unpaired) electrons. The van der Waals surface area contributed by atoms with Gasteiger partial charge >= 0.3 is 0 Å². The van der Waals surface area contributed by atoms with Gasteiger partial charge in [0.15, 0.2) is 0 Å². The molecule has 0 atom stereocenters. The lowest BCUT2D eigenvalue weighted by Crippen LogP contribution is -2.02. The predicted octanol–water partition coefficient (Wildman–Crippen LogP) is 5.31. The van der Waals surface area contributed by atoms with Crippen LogP contribution in [0.25, 0.3) is 0 Å². The summed E-state index contributed by atoms with van der Waals surface area (Å²) in [5, 5.41) is 4.53. The number of hydrogen-bond donors (Lipinski definition) is 1. The van der Waals surface area contributed by atoms with Crippen molar-refractivity contribution in [2.24, 2.45) is 0 Å². The van der Waals surface area contributed by atoms with Crippen LogP contribution in [0.1, 0.15) is 11.1 Å². The highest BCUT2D eigenvalue weighted by Gasteiger charge is 2.07. The zero-order valence-corrected chi connectivity index (χ0v) is 14.6. The molecule has 0 aliphatic heterocycles. The summed E-state index contributed by atoms with van der Waals surface area (Å²) < 4.78 is 26.9. The number of nitrogens with one attached hydrogen (secondary N) is 1. The molecule has 25 heavy (non-hydrogen) atoms. The van der Waals surface area contributed by atoms with Crippen LogP contribution in [0.5, 0.6) is 0 Å². The van der Waals surface area contributed by atoms with Gasteiger partial charge in [-0.15, -0.1) is 11.8 Å². The first-order chi connectivity index (χ1) is 12.1. The molecule has 7 heteroatoms. The maximum Gasteiger partial charge on any atom is 0.130 e. The molecular formula is C18H14ClF2N3S. The van der Waals surface area contributed by atoms with Crippen molar-refractivity contribution in [3.05, 3.63) is 82.6 Å². The number of rotatable bonds is 6. The second-order valence-electron chi connectivity index (χ2n) is 5.21. The molecule has 0 amide bonds. The molecule has 1 N–H and O–H groups in total. The van der Waals surface area contributed by atoms with Gasteiger partial charge in [-0.1, -0.05) is 29.8 Å². The average molecular weight is 378 g/mol. The van der Waals surface area contributed by atoms with E-state index in [1.807, 2.05) is 24.3 Å². The lowest BCUT2D eigenvalue weighted by atomic mass is 10.2. The number of anilines is 1. The molecule has 128 valence electrons. The standard InChI is InChI=1S/C18H14ClF2N3S/c19-15-4-2-1-3-12(15)9-22-17-8-18(24-11-23-17)25-10-13-7-14(20)5-6-16(13)21/h1-8,11H,9-10H2,(H,22,23,24). The fourth-order valence-electron chi connectivity index (χ4n) is 2.15. The first-order valence-corrected chi connectivity index (χ1v) is 8.84. The molecule has 2 aromatic carbocycles. The summed E-state index contributed by atoms with van der Waals surface area (Å²) in [5.74, 6) is 0.0313. The molecule has 3 aromatic rings. The van der Waals surface area contributed by atoms with E-state index in [1.165, 1.54) is 24.2 Å². The van der Waals surface area contributed by atoms with Gasteiger partial charge in [-0.05, 0) is 29.8 Å². The highest BCUT2D eigenvalue weighted by Crippen LogP contribution is 2.24. The summed E-state index contributed by atoms with van der Waals surface area (Å²) in [6.07, 6.45) is 1.43. The Hall–Kier alpha value is -2.18. The smallest absolute Gasteiger partial charge is 0.130 e. The van der Waals surface area contributed by atoms with E-state index in [2.05, 4.69) is 15.3 Å². The molecule has 0 fully saturated rings. The molecule has 0 bridgehead atoms. The fourth-order valence-corrected chi connectivity index (χ4v) is 3.19. The number of halogens is 3. The first kappa shape index (κ1) is 17.6. The molecule has 1 heterocycles. The minimum Gasteiger partial charge on any atom is -0.366 e. The van der Waals surface area contributed by atoms with Gasteiger partial charge in [0.05, 0.1) is 0 Å². The van der Waals surface area contributed by atoms with Crippen molar-refractivity contribution in [3.63, 3.8) is 0 Å². The van der Waals surface area contributed by atoms with Gasteiger partial charge < -0.3 is 5.32 Å². The van der Waals surface area contributed by atoms with Crippen LogP contribution in [0.15, 0.2) is 59.9 Å². The van der Waals surface area contributed by atoms with Crippen molar-refractivity contribution in [1.29, 1.82) is 0 Å². The van der Waals surface area contributed by atoms with Crippen LogP contribution in [-0.4, -0.2) is 9.97 Å². The topological polar surface area (TPSA) is 37.8 Å². The van der Waals surface area contributed by atoms with Crippen molar-refractivity contribution in [2.45, 2.75) is 17.3 Å². The molecule has 0 unspecified atom stereocenters. The average Bonchev–Trinajstić information content (AvgIpc) is 2.62. The predicted molar refractivity (Wildman–Crippen MR) is 96.7 cm³/mol. The zero-order chi connectivity index (χ0) is 17.6. The van der Waals surface area contributed by atoms with E-state index in [-0.39, 0.29) is 5.75 Å². The maximum atomic E-state index is 13.7. The second kappa shape index (κ2) is 8.27. The molecule has 0 aliphatic rings. The number of nitrogens with zero attached hydrogens (tertiary/aromatic N) is 2. The second-order valence-corrected chi connectivity index (χ2v) is 6.61. The van der Waals surface area contributed by atoms with E-state index in [0.717, 1.165) is 17.7 Å². The lowest BCUT2D eigenvalue weighted by molar-refractivity contribution is 0.591. The monoisotopic (exact) mass is 377 g/mol. The normalized spacial score (nSPS) is 10.7. The minimum absolute atomic E-state index is 0.282. The Morgan fingerprint density at radius 2 is 1.84 bits per heavy atom. The largest absolute Gasteiger partial charge is 0.366 e. The van der Waals surface area contributed by atoms with Gasteiger partial charge in [-0.3, -0.25) is 0 Å². The summed E-state index contributed by atoms with van der Waals surface area (Å²) in [5.41, 5.74) is 1.26. The molecule has 0 saturated heterocycles. The summed E-state index contributed by atoms with van der Waals surface area (Å²) in [6, 6.07) is 12.7.